The van der Waals surface area contributed by atoms with Crippen LogP contribution in [0.15, 0.2) is 91.0 Å². The van der Waals surface area contributed by atoms with Crippen molar-refractivity contribution < 1.29 is 37.3 Å². The van der Waals surface area contributed by atoms with E-state index in [0.29, 0.717) is 10.9 Å². The molecular formula is C28H22F3NO5. The van der Waals surface area contributed by atoms with Gasteiger partial charge in [0, 0.05) is 11.8 Å². The van der Waals surface area contributed by atoms with E-state index >= 15 is 0 Å². The molecule has 4 aromatic rings. The number of halogens is 3. The van der Waals surface area contributed by atoms with E-state index in [-0.39, 0.29) is 30.1 Å². The maximum absolute atomic E-state index is 13.2. The Bertz CT molecular complexity index is 1390. The largest absolute Gasteiger partial charge is 0.573 e. The molecular weight excluding hydrogens is 487 g/mol. The lowest BCUT2D eigenvalue weighted by molar-refractivity contribution is -0.274. The van der Waals surface area contributed by atoms with Gasteiger partial charge in [0.15, 0.2) is 0 Å². The van der Waals surface area contributed by atoms with Crippen molar-refractivity contribution in [2.45, 2.75) is 25.4 Å². The highest BCUT2D eigenvalue weighted by atomic mass is 19.4. The van der Waals surface area contributed by atoms with Crippen molar-refractivity contribution >= 4 is 22.6 Å². The molecule has 0 spiro atoms. The first-order valence-corrected chi connectivity index (χ1v) is 11.3. The summed E-state index contributed by atoms with van der Waals surface area (Å²) in [6.07, 6.45) is -4.70. The lowest BCUT2D eigenvalue weighted by atomic mass is 10.0. The van der Waals surface area contributed by atoms with Crippen molar-refractivity contribution in [2.75, 3.05) is 0 Å². The summed E-state index contributed by atoms with van der Waals surface area (Å²) < 4.78 is 47.1. The second-order valence-electron chi connectivity index (χ2n) is 8.20. The van der Waals surface area contributed by atoms with Gasteiger partial charge in [-0.1, -0.05) is 72.8 Å². The minimum Gasteiger partial charge on any atom is -0.487 e. The molecule has 0 radical (unpaired) electrons. The first-order valence-electron chi connectivity index (χ1n) is 11.3. The third kappa shape index (κ3) is 6.78. The maximum Gasteiger partial charge on any atom is 0.573 e. The number of nitrogens with one attached hydrogen (secondary N) is 1. The molecule has 9 heteroatoms. The number of alkyl halides is 3. The smallest absolute Gasteiger partial charge is 0.487 e. The minimum absolute atomic E-state index is 0.0487. The van der Waals surface area contributed by atoms with Crippen molar-refractivity contribution in [1.29, 1.82) is 0 Å². The molecule has 6 nitrogen and oxygen atoms in total. The molecule has 0 aliphatic rings. The number of carboxylic acid groups (broad SMARTS) is 1. The average molecular weight is 509 g/mol. The Balaban J connectivity index is 1.57. The first kappa shape index (κ1) is 25.6. The molecule has 0 aliphatic heterocycles. The highest BCUT2D eigenvalue weighted by molar-refractivity contribution is 6.04. The Labute approximate surface area is 210 Å². The molecule has 1 amide bonds. The molecule has 4 aromatic carbocycles. The number of ether oxygens (including phenoxy) is 2. The first-order chi connectivity index (χ1) is 17.7. The molecule has 0 heterocycles. The molecule has 0 saturated carbocycles. The van der Waals surface area contributed by atoms with Gasteiger partial charge < -0.3 is 19.9 Å². The molecule has 0 aliphatic carbocycles. The number of carbonyl (C=O) groups is 2. The van der Waals surface area contributed by atoms with Crippen LogP contribution in [0.2, 0.25) is 0 Å². The maximum atomic E-state index is 13.2. The van der Waals surface area contributed by atoms with Crippen molar-refractivity contribution in [1.82, 2.24) is 5.32 Å². The van der Waals surface area contributed by atoms with Crippen LogP contribution >= 0.6 is 0 Å². The summed E-state index contributed by atoms with van der Waals surface area (Å²) in [5.74, 6) is -1.94. The molecule has 0 fully saturated rings. The van der Waals surface area contributed by atoms with Gasteiger partial charge in [-0.15, -0.1) is 13.2 Å². The van der Waals surface area contributed by atoms with Gasteiger partial charge in [-0.05, 0) is 34.7 Å². The van der Waals surface area contributed by atoms with Gasteiger partial charge in [0.05, 0.1) is 5.56 Å². The zero-order chi connectivity index (χ0) is 26.4. The summed E-state index contributed by atoms with van der Waals surface area (Å²) in [5, 5.41) is 13.7. The number of amides is 1. The van der Waals surface area contributed by atoms with Crippen LogP contribution < -0.4 is 14.8 Å². The topological polar surface area (TPSA) is 84.9 Å². The van der Waals surface area contributed by atoms with Gasteiger partial charge >= 0.3 is 12.3 Å². The van der Waals surface area contributed by atoms with E-state index in [0.717, 1.165) is 10.9 Å². The van der Waals surface area contributed by atoms with E-state index < -0.39 is 24.3 Å². The van der Waals surface area contributed by atoms with Gasteiger partial charge in [-0.3, -0.25) is 4.79 Å². The third-order valence-electron chi connectivity index (χ3n) is 5.55. The molecule has 0 aromatic heterocycles. The lowest BCUT2D eigenvalue weighted by Gasteiger charge is -2.18. The normalized spacial score (nSPS) is 12.1. The monoisotopic (exact) mass is 509 g/mol. The number of benzene rings is 4. The predicted molar refractivity (Wildman–Crippen MR) is 130 cm³/mol. The molecule has 1 unspecified atom stereocenters. The Kier molecular flexibility index (Phi) is 7.62. The van der Waals surface area contributed by atoms with E-state index in [2.05, 4.69) is 10.1 Å². The molecule has 0 saturated heterocycles. The van der Waals surface area contributed by atoms with Crippen LogP contribution in [0.5, 0.6) is 11.5 Å². The summed E-state index contributed by atoms with van der Waals surface area (Å²) in [6.45, 7) is -0.0487. The van der Waals surface area contributed by atoms with Crippen LogP contribution in [-0.4, -0.2) is 29.4 Å². The summed E-state index contributed by atoms with van der Waals surface area (Å²) in [5.41, 5.74) is 1.43. The number of fused-ring (bicyclic) bond motifs is 1. The molecule has 1 atom stereocenters. The number of rotatable bonds is 9. The van der Waals surface area contributed by atoms with E-state index in [4.69, 9.17) is 4.74 Å². The highest BCUT2D eigenvalue weighted by Crippen LogP contribution is 2.31. The lowest BCUT2D eigenvalue weighted by Crippen LogP contribution is -2.42. The molecule has 37 heavy (non-hydrogen) atoms. The van der Waals surface area contributed by atoms with Crippen LogP contribution in [0, 0.1) is 0 Å². The number of carbonyl (C=O) groups excluding carboxylic acids is 1. The Hall–Kier alpha value is -4.53. The summed E-state index contributed by atoms with van der Waals surface area (Å²) in [4.78, 5) is 25.1. The number of hydrogen-bond donors (Lipinski definition) is 2. The van der Waals surface area contributed by atoms with Gasteiger partial charge in [0.25, 0.3) is 5.91 Å². The van der Waals surface area contributed by atoms with Crippen molar-refractivity contribution in [3.8, 4) is 11.5 Å². The van der Waals surface area contributed by atoms with Gasteiger partial charge in [-0.25, -0.2) is 4.79 Å². The molecule has 2 N–H and O–H groups in total. The number of carboxylic acids is 1. The second kappa shape index (κ2) is 11.0. The third-order valence-corrected chi connectivity index (χ3v) is 5.55. The standard InChI is InChI=1S/C28H22F3NO5/c29-28(30,31)37-21-13-10-19(11-14-21)17-36-25-22-9-5-4-8-20(22)12-15-23(25)26(33)32-24(27(34)35)16-18-6-2-1-3-7-18/h1-15,24H,16-17H2,(H,32,33)(H,34,35). The Morgan fingerprint density at radius 3 is 2.19 bits per heavy atom. The SMILES string of the molecule is O=C(NC(Cc1ccccc1)C(=O)O)c1ccc2ccccc2c1OCc1ccc(OC(F)(F)F)cc1. The van der Waals surface area contributed by atoms with E-state index in [1.54, 1.807) is 48.5 Å². The van der Waals surface area contributed by atoms with E-state index in [1.165, 1.54) is 24.3 Å². The Morgan fingerprint density at radius 2 is 1.51 bits per heavy atom. The number of aliphatic carboxylic acids is 1. The van der Waals surface area contributed by atoms with E-state index in [1.807, 2.05) is 18.2 Å². The van der Waals surface area contributed by atoms with Gasteiger partial charge in [0.1, 0.15) is 24.1 Å². The second-order valence-corrected chi connectivity index (χ2v) is 8.20. The predicted octanol–water partition coefficient (Wildman–Crippen LogP) is 5.74. The Morgan fingerprint density at radius 1 is 0.838 bits per heavy atom. The van der Waals surface area contributed by atoms with Gasteiger partial charge in [0.2, 0.25) is 0 Å². The molecule has 4 rings (SSSR count). The summed E-state index contributed by atoms with van der Waals surface area (Å²) >= 11 is 0. The fourth-order valence-corrected chi connectivity index (χ4v) is 3.81. The van der Waals surface area contributed by atoms with Gasteiger partial charge in [-0.2, -0.15) is 0 Å². The quantitative estimate of drug-likeness (QED) is 0.301. The zero-order valence-electron chi connectivity index (χ0n) is 19.4. The van der Waals surface area contributed by atoms with Crippen molar-refractivity contribution in [3.63, 3.8) is 0 Å². The van der Waals surface area contributed by atoms with Crippen LogP contribution in [0.3, 0.4) is 0 Å². The van der Waals surface area contributed by atoms with Crippen LogP contribution in [-0.2, 0) is 17.8 Å². The van der Waals surface area contributed by atoms with Crippen molar-refractivity contribution in [2.24, 2.45) is 0 Å². The van der Waals surface area contributed by atoms with E-state index in [9.17, 15) is 27.9 Å². The minimum atomic E-state index is -4.79. The highest BCUT2D eigenvalue weighted by Gasteiger charge is 2.31. The zero-order valence-corrected chi connectivity index (χ0v) is 19.4. The van der Waals surface area contributed by atoms with Crippen LogP contribution in [0.1, 0.15) is 21.5 Å². The summed E-state index contributed by atoms with van der Waals surface area (Å²) in [7, 11) is 0. The molecule has 190 valence electrons. The van der Waals surface area contributed by atoms with Crippen LogP contribution in [0.25, 0.3) is 10.8 Å². The number of hydrogen-bond acceptors (Lipinski definition) is 4. The molecule has 0 bridgehead atoms. The average Bonchev–Trinajstić information content (AvgIpc) is 2.87. The van der Waals surface area contributed by atoms with Crippen molar-refractivity contribution in [3.05, 3.63) is 108 Å². The fraction of sp³-hybridized carbons (Fsp3) is 0.143. The van der Waals surface area contributed by atoms with Crippen LogP contribution in [0.4, 0.5) is 13.2 Å². The fourth-order valence-electron chi connectivity index (χ4n) is 3.81. The summed E-state index contributed by atoms with van der Waals surface area (Å²) in [6, 6.07) is 23.4.